The summed E-state index contributed by atoms with van der Waals surface area (Å²) in [5.74, 6) is 0. The lowest BCUT2D eigenvalue weighted by Crippen LogP contribution is -2.57. The fourth-order valence-electron chi connectivity index (χ4n) is 0.799. The van der Waals surface area contributed by atoms with Crippen molar-refractivity contribution in [2.75, 3.05) is 13.1 Å². The van der Waals surface area contributed by atoms with Crippen LogP contribution in [0.15, 0.2) is 30.6 Å². The zero-order valence-electron chi connectivity index (χ0n) is 7.20. The molecule has 12 heavy (non-hydrogen) atoms. The summed E-state index contributed by atoms with van der Waals surface area (Å²) in [5.41, 5.74) is -0.389. The third-order valence-electron chi connectivity index (χ3n) is 1.58. The van der Waals surface area contributed by atoms with Crippen LogP contribution in [0.4, 0.5) is 0 Å². The quantitative estimate of drug-likeness (QED) is 0.587. The second kappa shape index (κ2) is 4.18. The van der Waals surface area contributed by atoms with Crippen molar-refractivity contribution in [3.63, 3.8) is 0 Å². The molecule has 1 aliphatic rings. The van der Waals surface area contributed by atoms with Crippen LogP contribution >= 0.6 is 0 Å². The molecule has 1 fully saturated rings. The molecule has 1 saturated heterocycles. The van der Waals surface area contributed by atoms with E-state index in [1.54, 1.807) is 12.4 Å². The fourth-order valence-corrected chi connectivity index (χ4v) is 0.799. The number of aromatic nitrogens is 1. The number of rotatable bonds is 0. The average molecular weight is 166 g/mol. The first-order chi connectivity index (χ1) is 5.71. The Balaban J connectivity index is 0.000000120. The number of hydrogen-bond donors (Lipinski definition) is 2. The maximum absolute atomic E-state index is 8.85. The zero-order valence-corrected chi connectivity index (χ0v) is 7.20. The Labute approximate surface area is 72.5 Å². The summed E-state index contributed by atoms with van der Waals surface area (Å²) >= 11 is 0. The maximum Gasteiger partial charge on any atom is 0.0867 e. The van der Waals surface area contributed by atoms with Gasteiger partial charge in [0, 0.05) is 25.5 Å². The van der Waals surface area contributed by atoms with Crippen LogP contribution in [0.5, 0.6) is 0 Å². The van der Waals surface area contributed by atoms with Gasteiger partial charge in [-0.15, -0.1) is 0 Å². The van der Waals surface area contributed by atoms with Gasteiger partial charge >= 0.3 is 0 Å². The van der Waals surface area contributed by atoms with Crippen molar-refractivity contribution in [3.05, 3.63) is 30.6 Å². The van der Waals surface area contributed by atoms with E-state index in [0.717, 1.165) is 13.1 Å². The summed E-state index contributed by atoms with van der Waals surface area (Å²) in [6.07, 6.45) is 3.50. The van der Waals surface area contributed by atoms with Crippen molar-refractivity contribution in [2.24, 2.45) is 0 Å². The number of β-amino-alcohol motifs (C(OH)–C–C–N with tert-alkyl or cyclic N) is 1. The second-order valence-electron chi connectivity index (χ2n) is 3.13. The van der Waals surface area contributed by atoms with E-state index < -0.39 is 0 Å². The Morgan fingerprint density at radius 2 is 1.75 bits per heavy atom. The summed E-state index contributed by atoms with van der Waals surface area (Å²) in [6.45, 7) is 3.34. The number of hydrogen-bond acceptors (Lipinski definition) is 3. The molecule has 0 aliphatic carbocycles. The van der Waals surface area contributed by atoms with E-state index in [1.165, 1.54) is 0 Å². The van der Waals surface area contributed by atoms with Crippen LogP contribution < -0.4 is 5.32 Å². The van der Waals surface area contributed by atoms with Crippen LogP contribution in [-0.4, -0.2) is 28.8 Å². The van der Waals surface area contributed by atoms with Gasteiger partial charge in [-0.05, 0) is 19.1 Å². The van der Waals surface area contributed by atoms with Gasteiger partial charge in [0.1, 0.15) is 0 Å². The predicted octanol–water partition coefficient (Wildman–Crippen LogP) is 0.422. The summed E-state index contributed by atoms with van der Waals surface area (Å²) in [6, 6.07) is 5.72. The molecule has 1 aromatic heterocycles. The second-order valence-corrected chi connectivity index (χ2v) is 3.13. The lowest BCUT2D eigenvalue weighted by Gasteiger charge is -2.33. The molecule has 1 aromatic rings. The van der Waals surface area contributed by atoms with Crippen molar-refractivity contribution >= 4 is 0 Å². The number of nitrogens with one attached hydrogen (secondary N) is 1. The van der Waals surface area contributed by atoms with E-state index in [1.807, 2.05) is 25.1 Å². The monoisotopic (exact) mass is 166 g/mol. The molecular formula is C9H14N2O. The lowest BCUT2D eigenvalue weighted by molar-refractivity contribution is 0.00878. The van der Waals surface area contributed by atoms with Crippen molar-refractivity contribution in [2.45, 2.75) is 12.5 Å². The molecule has 0 unspecified atom stereocenters. The van der Waals surface area contributed by atoms with E-state index in [-0.39, 0.29) is 5.60 Å². The highest BCUT2D eigenvalue weighted by Gasteiger charge is 2.27. The first kappa shape index (κ1) is 9.16. The van der Waals surface area contributed by atoms with Gasteiger partial charge < -0.3 is 10.4 Å². The molecule has 2 rings (SSSR count). The van der Waals surface area contributed by atoms with Gasteiger partial charge in [0.15, 0.2) is 0 Å². The van der Waals surface area contributed by atoms with Gasteiger partial charge in [0.2, 0.25) is 0 Å². The minimum atomic E-state index is -0.389. The van der Waals surface area contributed by atoms with Crippen molar-refractivity contribution in [1.82, 2.24) is 10.3 Å². The Morgan fingerprint density at radius 3 is 1.83 bits per heavy atom. The topological polar surface area (TPSA) is 45.1 Å². The van der Waals surface area contributed by atoms with Crippen LogP contribution in [0.25, 0.3) is 0 Å². The highest BCUT2D eigenvalue weighted by atomic mass is 16.3. The normalized spacial score (nSPS) is 18.5. The van der Waals surface area contributed by atoms with E-state index >= 15 is 0 Å². The van der Waals surface area contributed by atoms with Crippen LogP contribution in [0.1, 0.15) is 6.92 Å². The minimum Gasteiger partial charge on any atom is -0.388 e. The minimum absolute atomic E-state index is 0.389. The van der Waals surface area contributed by atoms with Gasteiger partial charge in [-0.25, -0.2) is 0 Å². The van der Waals surface area contributed by atoms with Crippen LogP contribution in [0.2, 0.25) is 0 Å². The van der Waals surface area contributed by atoms with Gasteiger partial charge in [-0.3, -0.25) is 4.98 Å². The fraction of sp³-hybridized carbons (Fsp3) is 0.444. The zero-order chi connectivity index (χ0) is 8.86. The molecule has 2 N–H and O–H groups in total. The van der Waals surface area contributed by atoms with Crippen LogP contribution in [0, 0.1) is 0 Å². The molecule has 0 radical (unpaired) electrons. The van der Waals surface area contributed by atoms with E-state index in [9.17, 15) is 0 Å². The molecule has 2 heterocycles. The molecule has 0 bridgehead atoms. The van der Waals surface area contributed by atoms with E-state index in [2.05, 4.69) is 10.3 Å². The molecular weight excluding hydrogens is 152 g/mol. The highest BCUT2D eigenvalue weighted by Crippen LogP contribution is 2.05. The van der Waals surface area contributed by atoms with Crippen LogP contribution in [0.3, 0.4) is 0 Å². The van der Waals surface area contributed by atoms with Crippen LogP contribution in [-0.2, 0) is 0 Å². The Hall–Kier alpha value is -0.930. The van der Waals surface area contributed by atoms with Crippen molar-refractivity contribution in [1.29, 1.82) is 0 Å². The number of aliphatic hydroxyl groups is 1. The molecule has 1 aliphatic heterocycles. The smallest absolute Gasteiger partial charge is 0.0867 e. The Bertz CT molecular complexity index is 178. The lowest BCUT2D eigenvalue weighted by atomic mass is 10.0. The molecule has 66 valence electrons. The standard InChI is InChI=1S/C5H5N.C4H9NO/c1-2-4-6-5-3-1;1-4(6)2-5-3-4/h1-5H;5-6H,2-3H2,1H3. The summed E-state index contributed by atoms with van der Waals surface area (Å²) in [4.78, 5) is 3.78. The van der Waals surface area contributed by atoms with Gasteiger partial charge in [0.05, 0.1) is 5.60 Å². The van der Waals surface area contributed by atoms with Crippen molar-refractivity contribution < 1.29 is 5.11 Å². The number of pyridine rings is 1. The van der Waals surface area contributed by atoms with Gasteiger partial charge in [0.25, 0.3) is 0 Å². The first-order valence-electron chi connectivity index (χ1n) is 3.99. The molecule has 0 spiro atoms. The average Bonchev–Trinajstić information content (AvgIpc) is 2.06. The predicted molar refractivity (Wildman–Crippen MR) is 47.7 cm³/mol. The Morgan fingerprint density at radius 1 is 1.25 bits per heavy atom. The molecule has 0 atom stereocenters. The van der Waals surface area contributed by atoms with Crippen molar-refractivity contribution in [3.8, 4) is 0 Å². The largest absolute Gasteiger partial charge is 0.388 e. The molecule has 0 amide bonds. The first-order valence-corrected chi connectivity index (χ1v) is 3.99. The maximum atomic E-state index is 8.85. The van der Waals surface area contributed by atoms with E-state index in [4.69, 9.17) is 5.11 Å². The summed E-state index contributed by atoms with van der Waals surface area (Å²) in [7, 11) is 0. The molecule has 3 nitrogen and oxygen atoms in total. The highest BCUT2D eigenvalue weighted by molar-refractivity contribution is 4.88. The third kappa shape index (κ3) is 3.46. The Kier molecular flexibility index (Phi) is 3.19. The van der Waals surface area contributed by atoms with Gasteiger partial charge in [-0.2, -0.15) is 0 Å². The summed E-state index contributed by atoms with van der Waals surface area (Å²) < 4.78 is 0. The SMILES string of the molecule is CC1(O)CNC1.c1ccncc1. The molecule has 0 saturated carbocycles. The molecule has 3 heteroatoms. The third-order valence-corrected chi connectivity index (χ3v) is 1.58. The number of nitrogens with zero attached hydrogens (tertiary/aromatic N) is 1. The molecule has 0 aromatic carbocycles. The van der Waals surface area contributed by atoms with Gasteiger partial charge in [-0.1, -0.05) is 6.07 Å². The van der Waals surface area contributed by atoms with E-state index in [0.29, 0.717) is 0 Å². The summed E-state index contributed by atoms with van der Waals surface area (Å²) in [5, 5.41) is 11.8.